The summed E-state index contributed by atoms with van der Waals surface area (Å²) in [6.07, 6.45) is 5.24. The molecule has 142 valence electrons. The van der Waals surface area contributed by atoms with E-state index in [1.807, 2.05) is 33.7 Å². The molecule has 6 heteroatoms. The van der Waals surface area contributed by atoms with Gasteiger partial charge in [0.2, 0.25) is 5.91 Å². The van der Waals surface area contributed by atoms with Crippen LogP contribution in [-0.2, 0) is 4.79 Å². The van der Waals surface area contributed by atoms with Gasteiger partial charge < -0.3 is 15.1 Å². The van der Waals surface area contributed by atoms with Crippen LogP contribution in [0.15, 0.2) is 29.2 Å². The number of nitrogens with zero attached hydrogens (tertiary/aromatic N) is 2. The van der Waals surface area contributed by atoms with Gasteiger partial charge in [-0.3, -0.25) is 4.79 Å². The van der Waals surface area contributed by atoms with Crippen LogP contribution >= 0.6 is 11.8 Å². The molecule has 0 radical (unpaired) electrons. The first-order valence-corrected chi connectivity index (χ1v) is 10.7. The third kappa shape index (κ3) is 4.93. The van der Waals surface area contributed by atoms with Crippen molar-refractivity contribution >= 4 is 29.4 Å². The highest BCUT2D eigenvalue weighted by molar-refractivity contribution is 7.99. The number of anilines is 1. The van der Waals surface area contributed by atoms with Crippen LogP contribution in [0.4, 0.5) is 10.5 Å². The standard InChI is InChI=1S/C20H29N3O2S/c1-2-15-26-18-9-7-17(8-10-18)21-20(25)23-12-4-11-22(13-14-23)19(24)16-5-3-6-16/h7-10,16H,2-6,11-15H2,1H3,(H,21,25). The van der Waals surface area contributed by atoms with Crippen LogP contribution < -0.4 is 5.32 Å². The fraction of sp³-hybridized carbons (Fsp3) is 0.600. The van der Waals surface area contributed by atoms with Gasteiger partial charge in [-0.25, -0.2) is 4.79 Å². The van der Waals surface area contributed by atoms with Crippen molar-refractivity contribution < 1.29 is 9.59 Å². The van der Waals surface area contributed by atoms with E-state index in [4.69, 9.17) is 0 Å². The van der Waals surface area contributed by atoms with E-state index in [1.54, 1.807) is 0 Å². The Bertz CT molecular complexity index is 616. The molecule has 1 saturated carbocycles. The Morgan fingerprint density at radius 1 is 1.04 bits per heavy atom. The maximum absolute atomic E-state index is 12.6. The van der Waals surface area contributed by atoms with Crippen molar-refractivity contribution in [3.05, 3.63) is 24.3 Å². The number of nitrogens with one attached hydrogen (secondary N) is 1. The molecule has 0 atom stereocenters. The van der Waals surface area contributed by atoms with E-state index in [0.29, 0.717) is 25.5 Å². The molecule has 1 aliphatic carbocycles. The Morgan fingerprint density at radius 3 is 2.38 bits per heavy atom. The first-order valence-electron chi connectivity index (χ1n) is 9.75. The molecule has 26 heavy (non-hydrogen) atoms. The molecule has 3 rings (SSSR count). The second kappa shape index (κ2) is 9.31. The summed E-state index contributed by atoms with van der Waals surface area (Å²) in [7, 11) is 0. The number of urea groups is 1. The lowest BCUT2D eigenvalue weighted by Gasteiger charge is -2.31. The van der Waals surface area contributed by atoms with Crippen LogP contribution in [-0.4, -0.2) is 53.7 Å². The Kier molecular flexibility index (Phi) is 6.83. The van der Waals surface area contributed by atoms with Crippen molar-refractivity contribution in [2.75, 3.05) is 37.2 Å². The highest BCUT2D eigenvalue weighted by Gasteiger charge is 2.30. The van der Waals surface area contributed by atoms with Crippen LogP contribution in [0.1, 0.15) is 39.0 Å². The molecule has 1 heterocycles. The SMILES string of the molecule is CCCSc1ccc(NC(=O)N2CCCN(C(=O)C3CCC3)CC2)cc1. The van der Waals surface area contributed by atoms with Crippen LogP contribution in [0.3, 0.4) is 0 Å². The number of carbonyl (C=O) groups is 2. The zero-order valence-corrected chi connectivity index (χ0v) is 16.4. The predicted octanol–water partition coefficient (Wildman–Crippen LogP) is 4.06. The minimum Gasteiger partial charge on any atom is -0.341 e. The minimum atomic E-state index is -0.0723. The van der Waals surface area contributed by atoms with Crippen LogP contribution in [0.2, 0.25) is 0 Å². The van der Waals surface area contributed by atoms with Gasteiger partial charge in [-0.1, -0.05) is 13.3 Å². The van der Waals surface area contributed by atoms with Gasteiger partial charge in [0.1, 0.15) is 0 Å². The number of benzene rings is 1. The summed E-state index contributed by atoms with van der Waals surface area (Å²) < 4.78 is 0. The molecule has 1 aromatic rings. The lowest BCUT2D eigenvalue weighted by atomic mass is 9.84. The van der Waals surface area contributed by atoms with Gasteiger partial charge in [0.05, 0.1) is 0 Å². The molecule has 2 fully saturated rings. The van der Waals surface area contributed by atoms with Crippen molar-refractivity contribution in [2.45, 2.75) is 43.9 Å². The zero-order valence-electron chi connectivity index (χ0n) is 15.6. The molecule has 3 amide bonds. The van der Waals surface area contributed by atoms with Crippen LogP contribution in [0.25, 0.3) is 0 Å². The molecule has 0 spiro atoms. The van der Waals surface area contributed by atoms with Gasteiger partial charge >= 0.3 is 6.03 Å². The maximum Gasteiger partial charge on any atom is 0.321 e. The second-order valence-corrected chi connectivity index (χ2v) is 8.27. The molecule has 0 bridgehead atoms. The Balaban J connectivity index is 1.49. The molecule has 0 unspecified atom stereocenters. The van der Waals surface area contributed by atoms with Crippen LogP contribution in [0.5, 0.6) is 0 Å². The normalized spacial score (nSPS) is 18.2. The zero-order chi connectivity index (χ0) is 18.4. The van der Waals surface area contributed by atoms with E-state index in [0.717, 1.165) is 43.7 Å². The maximum atomic E-state index is 12.6. The fourth-order valence-corrected chi connectivity index (χ4v) is 4.08. The summed E-state index contributed by atoms with van der Waals surface area (Å²) in [4.78, 5) is 30.0. The summed E-state index contributed by atoms with van der Waals surface area (Å²) >= 11 is 1.83. The summed E-state index contributed by atoms with van der Waals surface area (Å²) in [5.74, 6) is 1.63. The largest absolute Gasteiger partial charge is 0.341 e. The smallest absolute Gasteiger partial charge is 0.321 e. The van der Waals surface area contributed by atoms with Crippen molar-refractivity contribution in [3.63, 3.8) is 0 Å². The molecule has 0 aromatic heterocycles. The average Bonchev–Trinajstić information content (AvgIpc) is 2.86. The van der Waals surface area contributed by atoms with Gasteiger partial charge in [-0.05, 0) is 55.7 Å². The van der Waals surface area contributed by atoms with Crippen molar-refractivity contribution in [1.82, 2.24) is 9.80 Å². The fourth-order valence-electron chi connectivity index (χ4n) is 3.31. The van der Waals surface area contributed by atoms with E-state index in [1.165, 1.54) is 11.3 Å². The van der Waals surface area contributed by atoms with E-state index < -0.39 is 0 Å². The highest BCUT2D eigenvalue weighted by atomic mass is 32.2. The molecule has 1 aromatic carbocycles. The molecule has 1 aliphatic heterocycles. The quantitative estimate of drug-likeness (QED) is 0.790. The number of hydrogen-bond donors (Lipinski definition) is 1. The number of rotatable bonds is 5. The van der Waals surface area contributed by atoms with E-state index in [9.17, 15) is 9.59 Å². The number of carbonyl (C=O) groups excluding carboxylic acids is 2. The number of thioether (sulfide) groups is 1. The van der Waals surface area contributed by atoms with Crippen molar-refractivity contribution in [2.24, 2.45) is 5.92 Å². The number of hydrogen-bond acceptors (Lipinski definition) is 3. The van der Waals surface area contributed by atoms with Gasteiger partial charge in [0, 0.05) is 42.7 Å². The first-order chi connectivity index (χ1) is 12.7. The molecule has 1 N–H and O–H groups in total. The van der Waals surface area contributed by atoms with Gasteiger partial charge in [-0.2, -0.15) is 0 Å². The Morgan fingerprint density at radius 2 is 1.73 bits per heavy atom. The summed E-state index contributed by atoms with van der Waals surface area (Å²) in [5, 5.41) is 2.99. The van der Waals surface area contributed by atoms with E-state index in [-0.39, 0.29) is 11.9 Å². The van der Waals surface area contributed by atoms with Crippen molar-refractivity contribution in [3.8, 4) is 0 Å². The van der Waals surface area contributed by atoms with Gasteiger partial charge in [0.15, 0.2) is 0 Å². The summed E-state index contributed by atoms with van der Waals surface area (Å²) in [6, 6.07) is 7.95. The molecular weight excluding hydrogens is 346 g/mol. The third-order valence-electron chi connectivity index (χ3n) is 5.13. The first kappa shape index (κ1) is 19.1. The average molecular weight is 376 g/mol. The molecule has 5 nitrogen and oxygen atoms in total. The molecular formula is C20H29N3O2S. The highest BCUT2D eigenvalue weighted by Crippen LogP contribution is 2.28. The Hall–Kier alpha value is -1.69. The third-order valence-corrected chi connectivity index (χ3v) is 6.35. The number of amides is 3. The topological polar surface area (TPSA) is 52.7 Å². The minimum absolute atomic E-state index is 0.0723. The van der Waals surface area contributed by atoms with E-state index in [2.05, 4.69) is 24.4 Å². The summed E-state index contributed by atoms with van der Waals surface area (Å²) in [5.41, 5.74) is 0.822. The predicted molar refractivity (Wildman–Crippen MR) is 107 cm³/mol. The van der Waals surface area contributed by atoms with Gasteiger partial charge in [-0.15, -0.1) is 11.8 Å². The lowest BCUT2D eigenvalue weighted by Crippen LogP contribution is -2.42. The monoisotopic (exact) mass is 375 g/mol. The molecule has 2 aliphatic rings. The Labute approximate surface area is 160 Å². The lowest BCUT2D eigenvalue weighted by molar-refractivity contribution is -0.138. The second-order valence-electron chi connectivity index (χ2n) is 7.10. The van der Waals surface area contributed by atoms with Gasteiger partial charge in [0.25, 0.3) is 0 Å². The van der Waals surface area contributed by atoms with E-state index >= 15 is 0 Å². The van der Waals surface area contributed by atoms with Crippen LogP contribution in [0, 0.1) is 5.92 Å². The molecule has 1 saturated heterocycles. The van der Waals surface area contributed by atoms with Crippen molar-refractivity contribution in [1.29, 1.82) is 0 Å². The summed E-state index contributed by atoms with van der Waals surface area (Å²) in [6.45, 7) is 4.89.